The molecule has 0 saturated carbocycles. The average Bonchev–Trinajstić information content (AvgIpc) is 3.21. The van der Waals surface area contributed by atoms with Crippen LogP contribution in [0.5, 0.6) is 0 Å². The lowest BCUT2D eigenvalue weighted by atomic mass is 10.2. The van der Waals surface area contributed by atoms with Crippen LogP contribution in [0.4, 0.5) is 11.4 Å². The third-order valence-electron chi connectivity index (χ3n) is 5.39. The molecule has 0 aromatic heterocycles. The quantitative estimate of drug-likeness (QED) is 0.481. The smallest absolute Gasteiger partial charge is 0.261 e. The number of benzene rings is 3. The minimum atomic E-state index is -3.75. The van der Waals surface area contributed by atoms with Crippen LogP contribution in [0.25, 0.3) is 0 Å². The number of nitrogens with one attached hydrogen (secondary N) is 2. The number of carbonyl (C=O) groups excluding carboxylic acids is 1. The second-order valence-electron chi connectivity index (χ2n) is 7.59. The Morgan fingerprint density at radius 3 is 2.56 bits per heavy atom. The maximum Gasteiger partial charge on any atom is 0.261 e. The molecule has 0 fully saturated rings. The summed E-state index contributed by atoms with van der Waals surface area (Å²) in [5, 5.41) is 3.14. The summed E-state index contributed by atoms with van der Waals surface area (Å²) >= 11 is 6.21. The van der Waals surface area contributed by atoms with Crippen molar-refractivity contribution in [2.45, 2.75) is 17.7 Å². The first kappa shape index (κ1) is 22.2. The van der Waals surface area contributed by atoms with Gasteiger partial charge in [0.15, 0.2) is 0 Å². The molecule has 0 unspecified atom stereocenters. The molecule has 2 N–H and O–H groups in total. The van der Waals surface area contributed by atoms with E-state index in [-0.39, 0.29) is 27.1 Å². The van der Waals surface area contributed by atoms with Crippen LogP contribution >= 0.6 is 11.6 Å². The number of carbonyl (C=O) groups is 1. The van der Waals surface area contributed by atoms with Crippen molar-refractivity contribution < 1.29 is 13.2 Å². The van der Waals surface area contributed by atoms with Crippen LogP contribution in [0.3, 0.4) is 0 Å². The molecule has 0 spiro atoms. The molecule has 1 aliphatic rings. The van der Waals surface area contributed by atoms with Crippen molar-refractivity contribution in [3.63, 3.8) is 0 Å². The maximum absolute atomic E-state index is 12.7. The predicted molar refractivity (Wildman–Crippen MR) is 128 cm³/mol. The van der Waals surface area contributed by atoms with Gasteiger partial charge in [-0.3, -0.25) is 9.52 Å². The molecule has 4 rings (SSSR count). The van der Waals surface area contributed by atoms with E-state index < -0.39 is 10.0 Å². The number of sulfonamides is 1. The van der Waals surface area contributed by atoms with E-state index in [9.17, 15) is 13.2 Å². The number of anilines is 2. The van der Waals surface area contributed by atoms with Crippen LogP contribution in [0.2, 0.25) is 5.02 Å². The van der Waals surface area contributed by atoms with Gasteiger partial charge in [0, 0.05) is 31.0 Å². The molecule has 3 aromatic rings. The topological polar surface area (TPSA) is 78.5 Å². The molecule has 3 aromatic carbocycles. The van der Waals surface area contributed by atoms with Crippen molar-refractivity contribution >= 4 is 38.9 Å². The van der Waals surface area contributed by atoms with E-state index in [0.717, 1.165) is 25.9 Å². The summed E-state index contributed by atoms with van der Waals surface area (Å²) in [6, 6.07) is 20.9. The number of nitrogens with zero attached hydrogens (tertiary/aromatic N) is 1. The van der Waals surface area contributed by atoms with Crippen molar-refractivity contribution in [2.75, 3.05) is 29.3 Å². The molecule has 1 amide bonds. The van der Waals surface area contributed by atoms with Gasteiger partial charge in [0.1, 0.15) is 0 Å². The lowest BCUT2D eigenvalue weighted by molar-refractivity contribution is 0.0953. The maximum atomic E-state index is 12.7. The zero-order valence-electron chi connectivity index (χ0n) is 17.4. The van der Waals surface area contributed by atoms with Crippen molar-refractivity contribution in [3.8, 4) is 0 Å². The van der Waals surface area contributed by atoms with E-state index in [0.29, 0.717) is 6.54 Å². The number of halogens is 1. The molecule has 0 saturated heterocycles. The number of para-hydroxylation sites is 1. The van der Waals surface area contributed by atoms with E-state index in [1.807, 2.05) is 6.07 Å². The van der Waals surface area contributed by atoms with Gasteiger partial charge in [0.05, 0.1) is 15.5 Å². The zero-order chi connectivity index (χ0) is 22.6. The fraction of sp³-hybridized carbons (Fsp3) is 0.208. The van der Waals surface area contributed by atoms with Crippen molar-refractivity contribution in [3.05, 3.63) is 88.9 Å². The van der Waals surface area contributed by atoms with Crippen LogP contribution in [0, 0.1) is 0 Å². The van der Waals surface area contributed by atoms with Crippen LogP contribution in [0.15, 0.2) is 77.7 Å². The average molecular weight is 470 g/mol. The highest BCUT2D eigenvalue weighted by Gasteiger charge is 2.19. The van der Waals surface area contributed by atoms with Gasteiger partial charge in [-0.1, -0.05) is 48.0 Å². The Balaban J connectivity index is 1.35. The van der Waals surface area contributed by atoms with Gasteiger partial charge in [-0.15, -0.1) is 0 Å². The standard InChI is InChI=1S/C24H24ClN3O3S/c25-22-12-11-19(27-32(30,31)20-8-2-1-3-9-20)17-21(22)24(29)26-14-6-15-28-16-13-18-7-4-5-10-23(18)28/h1-5,7-12,17,27H,6,13-16H2,(H,26,29). The minimum absolute atomic E-state index is 0.143. The fourth-order valence-corrected chi connectivity index (χ4v) is 5.06. The second kappa shape index (κ2) is 9.63. The Bertz CT molecular complexity index is 1220. The SMILES string of the molecule is O=C(NCCCN1CCc2ccccc21)c1cc(NS(=O)(=O)c2ccccc2)ccc1Cl. The Kier molecular flexibility index (Phi) is 6.67. The van der Waals surface area contributed by atoms with Crippen molar-refractivity contribution in [1.82, 2.24) is 5.32 Å². The highest BCUT2D eigenvalue weighted by molar-refractivity contribution is 7.92. The molecule has 1 heterocycles. The monoisotopic (exact) mass is 469 g/mol. The van der Waals surface area contributed by atoms with Crippen LogP contribution < -0.4 is 14.9 Å². The molecule has 0 aliphatic carbocycles. The van der Waals surface area contributed by atoms with Gasteiger partial charge in [-0.25, -0.2) is 8.42 Å². The third kappa shape index (κ3) is 5.06. The highest BCUT2D eigenvalue weighted by atomic mass is 35.5. The number of fused-ring (bicyclic) bond motifs is 1. The lowest BCUT2D eigenvalue weighted by Crippen LogP contribution is -2.29. The zero-order valence-corrected chi connectivity index (χ0v) is 19.0. The number of amides is 1. The fourth-order valence-electron chi connectivity index (χ4n) is 3.78. The Hall–Kier alpha value is -3.03. The first-order valence-corrected chi connectivity index (χ1v) is 12.3. The summed E-state index contributed by atoms with van der Waals surface area (Å²) in [5.74, 6) is -0.336. The van der Waals surface area contributed by atoms with Crippen LogP contribution in [0.1, 0.15) is 22.3 Å². The number of rotatable bonds is 8. The van der Waals surface area contributed by atoms with Gasteiger partial charge in [0.2, 0.25) is 0 Å². The van der Waals surface area contributed by atoms with Crippen LogP contribution in [-0.4, -0.2) is 34.0 Å². The molecule has 0 atom stereocenters. The van der Waals surface area contributed by atoms with E-state index >= 15 is 0 Å². The second-order valence-corrected chi connectivity index (χ2v) is 9.68. The first-order valence-electron chi connectivity index (χ1n) is 10.4. The highest BCUT2D eigenvalue weighted by Crippen LogP contribution is 2.27. The third-order valence-corrected chi connectivity index (χ3v) is 7.12. The summed E-state index contributed by atoms with van der Waals surface area (Å²) in [6.07, 6.45) is 1.84. The van der Waals surface area contributed by atoms with E-state index in [1.54, 1.807) is 18.2 Å². The van der Waals surface area contributed by atoms with Gasteiger partial charge in [-0.05, 0) is 54.8 Å². The largest absolute Gasteiger partial charge is 0.371 e. The van der Waals surface area contributed by atoms with Gasteiger partial charge < -0.3 is 10.2 Å². The van der Waals surface area contributed by atoms with Crippen molar-refractivity contribution in [1.29, 1.82) is 0 Å². The normalized spacial score (nSPS) is 13.0. The van der Waals surface area contributed by atoms with Gasteiger partial charge in [0.25, 0.3) is 15.9 Å². The minimum Gasteiger partial charge on any atom is -0.371 e. The van der Waals surface area contributed by atoms with Gasteiger partial charge in [-0.2, -0.15) is 0 Å². The molecule has 32 heavy (non-hydrogen) atoms. The van der Waals surface area contributed by atoms with E-state index in [2.05, 4.69) is 33.1 Å². The van der Waals surface area contributed by atoms with E-state index in [1.165, 1.54) is 41.6 Å². The lowest BCUT2D eigenvalue weighted by Gasteiger charge is -2.19. The number of hydrogen-bond donors (Lipinski definition) is 2. The molecule has 166 valence electrons. The molecule has 8 heteroatoms. The molecule has 0 radical (unpaired) electrons. The predicted octanol–water partition coefficient (Wildman–Crippen LogP) is 4.32. The summed E-state index contributed by atoms with van der Waals surface area (Å²) < 4.78 is 27.6. The van der Waals surface area contributed by atoms with Crippen molar-refractivity contribution in [2.24, 2.45) is 0 Å². The van der Waals surface area contributed by atoms with E-state index in [4.69, 9.17) is 11.6 Å². The molecule has 0 bridgehead atoms. The Morgan fingerprint density at radius 1 is 1.00 bits per heavy atom. The van der Waals surface area contributed by atoms with Gasteiger partial charge >= 0.3 is 0 Å². The first-order chi connectivity index (χ1) is 15.4. The molecular formula is C24H24ClN3O3S. The molecule has 6 nitrogen and oxygen atoms in total. The Labute approximate surface area is 193 Å². The molecular weight excluding hydrogens is 446 g/mol. The summed E-state index contributed by atoms with van der Waals surface area (Å²) in [4.78, 5) is 15.1. The number of hydrogen-bond acceptors (Lipinski definition) is 4. The summed E-state index contributed by atoms with van der Waals surface area (Å²) in [7, 11) is -3.75. The summed E-state index contributed by atoms with van der Waals surface area (Å²) in [6.45, 7) is 2.33. The Morgan fingerprint density at radius 2 is 1.75 bits per heavy atom. The summed E-state index contributed by atoms with van der Waals surface area (Å²) in [5.41, 5.74) is 3.13. The van der Waals surface area contributed by atoms with Crippen LogP contribution in [-0.2, 0) is 16.4 Å². The molecule has 1 aliphatic heterocycles.